The van der Waals surface area contributed by atoms with E-state index in [0.29, 0.717) is 22.1 Å². The summed E-state index contributed by atoms with van der Waals surface area (Å²) in [4.78, 5) is 30.8. The molecule has 1 amide bonds. The fourth-order valence-corrected chi connectivity index (χ4v) is 3.80. The van der Waals surface area contributed by atoms with Crippen molar-refractivity contribution in [1.82, 2.24) is 4.98 Å². The number of aryl methyl sites for hydroxylation is 1. The fraction of sp³-hybridized carbons (Fsp3) is 0.227. The van der Waals surface area contributed by atoms with Crippen molar-refractivity contribution < 1.29 is 19.1 Å². The topological polar surface area (TPSA) is 68.7 Å². The summed E-state index contributed by atoms with van der Waals surface area (Å²) >= 11 is 1.33. The summed E-state index contributed by atoms with van der Waals surface area (Å²) in [7, 11) is 1.50. The number of amides is 1. The van der Waals surface area contributed by atoms with Crippen molar-refractivity contribution in [3.05, 3.63) is 70.7 Å². The molecule has 0 aliphatic carbocycles. The Labute approximate surface area is 173 Å². The summed E-state index contributed by atoms with van der Waals surface area (Å²) < 4.78 is 10.6. The van der Waals surface area contributed by atoms with Crippen molar-refractivity contribution in [2.24, 2.45) is 0 Å². The molecule has 0 bridgehead atoms. The lowest BCUT2D eigenvalue weighted by molar-refractivity contribution is -0.115. The summed E-state index contributed by atoms with van der Waals surface area (Å²) in [6.07, 6.45) is 0.800. The normalized spacial score (nSPS) is 10.4. The van der Waals surface area contributed by atoms with Gasteiger partial charge < -0.3 is 9.47 Å². The predicted octanol–water partition coefficient (Wildman–Crippen LogP) is 4.76. The molecule has 6 nitrogen and oxygen atoms in total. The van der Waals surface area contributed by atoms with Crippen LogP contribution in [-0.4, -0.2) is 24.0 Å². The number of carbonyl (C=O) groups excluding carboxylic acids is 2. The number of thiazole rings is 1. The number of aromatic nitrogens is 1. The van der Waals surface area contributed by atoms with Gasteiger partial charge in [0.2, 0.25) is 5.91 Å². The van der Waals surface area contributed by atoms with Gasteiger partial charge in [0.25, 0.3) is 0 Å². The lowest BCUT2D eigenvalue weighted by atomic mass is 10.1. The number of carbonyl (C=O) groups is 2. The van der Waals surface area contributed by atoms with E-state index >= 15 is 0 Å². The van der Waals surface area contributed by atoms with Crippen molar-refractivity contribution in [2.75, 3.05) is 12.0 Å². The number of para-hydroxylation sites is 2. The summed E-state index contributed by atoms with van der Waals surface area (Å²) in [6.45, 7) is 3.56. The number of ether oxygens (including phenoxy) is 2. The molecule has 0 aliphatic rings. The molecule has 0 aliphatic heterocycles. The number of nitrogens with zero attached hydrogens (tertiary/aromatic N) is 2. The van der Waals surface area contributed by atoms with Gasteiger partial charge in [-0.25, -0.2) is 9.78 Å². The number of anilines is 2. The van der Waals surface area contributed by atoms with E-state index in [9.17, 15) is 9.59 Å². The third-order valence-corrected chi connectivity index (χ3v) is 5.21. The van der Waals surface area contributed by atoms with E-state index in [1.54, 1.807) is 34.5 Å². The van der Waals surface area contributed by atoms with Gasteiger partial charge in [0, 0.05) is 12.3 Å². The van der Waals surface area contributed by atoms with E-state index in [1.165, 1.54) is 25.4 Å². The first-order valence-corrected chi connectivity index (χ1v) is 10.1. The quantitative estimate of drug-likeness (QED) is 0.526. The van der Waals surface area contributed by atoms with Gasteiger partial charge in [-0.05, 0) is 30.2 Å². The van der Waals surface area contributed by atoms with Gasteiger partial charge in [0.1, 0.15) is 17.9 Å². The zero-order valence-corrected chi connectivity index (χ0v) is 17.4. The molecule has 1 heterocycles. The molecule has 0 radical (unpaired) electrons. The van der Waals surface area contributed by atoms with E-state index in [0.717, 1.165) is 17.7 Å². The predicted molar refractivity (Wildman–Crippen MR) is 113 cm³/mol. The van der Waals surface area contributed by atoms with Gasteiger partial charge in [0.05, 0.1) is 18.5 Å². The number of benzene rings is 2. The second kappa shape index (κ2) is 9.34. The van der Waals surface area contributed by atoms with Crippen LogP contribution in [0.5, 0.6) is 5.75 Å². The monoisotopic (exact) mass is 410 g/mol. The number of hydrogen-bond donors (Lipinski definition) is 0. The maximum atomic E-state index is 12.4. The Morgan fingerprint density at radius 2 is 1.83 bits per heavy atom. The van der Waals surface area contributed by atoms with Gasteiger partial charge >= 0.3 is 5.97 Å². The van der Waals surface area contributed by atoms with Crippen LogP contribution in [-0.2, 0) is 22.6 Å². The average Bonchev–Trinajstić information content (AvgIpc) is 3.20. The van der Waals surface area contributed by atoms with Gasteiger partial charge in [-0.15, -0.1) is 11.3 Å². The minimum Gasteiger partial charge on any atom is -0.496 e. The lowest BCUT2D eigenvalue weighted by Crippen LogP contribution is -2.23. The molecule has 3 rings (SSSR count). The van der Waals surface area contributed by atoms with E-state index in [4.69, 9.17) is 9.47 Å². The largest absolute Gasteiger partial charge is 0.496 e. The second-order valence-corrected chi connectivity index (χ2v) is 7.07. The number of hydrogen-bond acceptors (Lipinski definition) is 6. The van der Waals surface area contributed by atoms with Gasteiger partial charge in [0.15, 0.2) is 5.13 Å². The standard InChI is InChI=1S/C22H22N2O4S/c1-4-16-9-5-7-11-19(16)24(15(2)25)22-23-17(14-29-22)13-28-21(26)18-10-6-8-12-20(18)27-3/h5-12,14H,4,13H2,1-3H3. The van der Waals surface area contributed by atoms with Crippen molar-refractivity contribution in [2.45, 2.75) is 26.9 Å². The Kier molecular flexibility index (Phi) is 6.61. The highest BCUT2D eigenvalue weighted by atomic mass is 32.1. The van der Waals surface area contributed by atoms with Crippen LogP contribution in [0.1, 0.15) is 35.5 Å². The van der Waals surface area contributed by atoms with Crippen LogP contribution in [0.2, 0.25) is 0 Å². The summed E-state index contributed by atoms with van der Waals surface area (Å²) in [5.41, 5.74) is 2.80. The molecule has 0 saturated heterocycles. The second-order valence-electron chi connectivity index (χ2n) is 6.23. The Morgan fingerprint density at radius 3 is 2.55 bits per heavy atom. The summed E-state index contributed by atoms with van der Waals surface area (Å²) in [5, 5.41) is 2.33. The first-order valence-electron chi connectivity index (χ1n) is 9.18. The van der Waals surface area contributed by atoms with E-state index < -0.39 is 5.97 Å². The minimum atomic E-state index is -0.489. The SMILES string of the molecule is CCc1ccccc1N(C(C)=O)c1nc(COC(=O)c2ccccc2OC)cs1. The molecule has 0 saturated carbocycles. The van der Waals surface area contributed by atoms with Crippen LogP contribution < -0.4 is 9.64 Å². The van der Waals surface area contributed by atoms with E-state index in [-0.39, 0.29) is 12.5 Å². The maximum absolute atomic E-state index is 12.4. The van der Waals surface area contributed by atoms with Crippen molar-refractivity contribution in [3.63, 3.8) is 0 Å². The highest BCUT2D eigenvalue weighted by Crippen LogP contribution is 2.32. The highest BCUT2D eigenvalue weighted by molar-refractivity contribution is 7.14. The summed E-state index contributed by atoms with van der Waals surface area (Å²) in [5.74, 6) is -0.162. The van der Waals surface area contributed by atoms with E-state index in [1.807, 2.05) is 31.2 Å². The number of rotatable bonds is 7. The van der Waals surface area contributed by atoms with Gasteiger partial charge in [-0.3, -0.25) is 9.69 Å². The molecular weight excluding hydrogens is 388 g/mol. The molecule has 150 valence electrons. The number of esters is 1. The van der Waals surface area contributed by atoms with Gasteiger partial charge in [-0.2, -0.15) is 0 Å². The maximum Gasteiger partial charge on any atom is 0.342 e. The molecular formula is C22H22N2O4S. The molecule has 0 fully saturated rings. The number of methoxy groups -OCH3 is 1. The van der Waals surface area contributed by atoms with Crippen molar-refractivity contribution >= 4 is 34.0 Å². The molecule has 0 spiro atoms. The smallest absolute Gasteiger partial charge is 0.342 e. The van der Waals surface area contributed by atoms with Crippen molar-refractivity contribution in [3.8, 4) is 5.75 Å². The Hall–Kier alpha value is -3.19. The van der Waals surface area contributed by atoms with Crippen LogP contribution >= 0.6 is 11.3 Å². The third kappa shape index (κ3) is 4.63. The lowest BCUT2D eigenvalue weighted by Gasteiger charge is -2.20. The molecule has 1 aromatic heterocycles. The Bertz CT molecular complexity index is 1020. The Balaban J connectivity index is 1.77. The summed E-state index contributed by atoms with van der Waals surface area (Å²) in [6, 6.07) is 14.6. The fourth-order valence-electron chi connectivity index (χ4n) is 2.93. The average molecular weight is 410 g/mol. The molecule has 0 N–H and O–H groups in total. The molecule has 3 aromatic rings. The minimum absolute atomic E-state index is 0.00848. The third-order valence-electron chi connectivity index (χ3n) is 4.34. The van der Waals surface area contributed by atoms with Crippen LogP contribution in [0, 0.1) is 0 Å². The molecule has 2 aromatic carbocycles. The van der Waals surface area contributed by atoms with Gasteiger partial charge in [-0.1, -0.05) is 37.3 Å². The first-order chi connectivity index (χ1) is 14.0. The zero-order chi connectivity index (χ0) is 20.8. The van der Waals surface area contributed by atoms with Crippen LogP contribution in [0.25, 0.3) is 0 Å². The molecule has 0 atom stereocenters. The Morgan fingerprint density at radius 1 is 1.10 bits per heavy atom. The van der Waals surface area contributed by atoms with E-state index in [2.05, 4.69) is 4.98 Å². The molecule has 7 heteroatoms. The highest BCUT2D eigenvalue weighted by Gasteiger charge is 2.21. The first kappa shape index (κ1) is 20.5. The van der Waals surface area contributed by atoms with Crippen LogP contribution in [0.15, 0.2) is 53.9 Å². The van der Waals surface area contributed by atoms with Crippen LogP contribution in [0.3, 0.4) is 0 Å². The molecule has 0 unspecified atom stereocenters. The molecule has 29 heavy (non-hydrogen) atoms. The zero-order valence-electron chi connectivity index (χ0n) is 16.5. The van der Waals surface area contributed by atoms with Crippen molar-refractivity contribution in [1.29, 1.82) is 0 Å². The van der Waals surface area contributed by atoms with Crippen LogP contribution in [0.4, 0.5) is 10.8 Å².